The molecule has 27 heavy (non-hydrogen) atoms. The Morgan fingerprint density at radius 1 is 0.852 bits per heavy atom. The number of carboxylic acids is 1. The van der Waals surface area contributed by atoms with Crippen molar-refractivity contribution in [1.29, 1.82) is 0 Å². The standard InChI is InChI=1S/C12H22O4.C4H10O2.C3H8O2/c1-2-16-12(15)10-8-6-4-3-5-7-9-11(13)14;1-4(6)2-3-5;1-3(5)2-4/h2-10H2,1H3,(H,13,14);4-6H,2-3H2,1H3;3-5H,2H2,1H3. The van der Waals surface area contributed by atoms with Gasteiger partial charge >= 0.3 is 11.9 Å². The third-order valence-electron chi connectivity index (χ3n) is 3.14. The van der Waals surface area contributed by atoms with E-state index in [1.165, 1.54) is 6.92 Å². The first-order valence-electron chi connectivity index (χ1n) is 9.66. The Bertz CT molecular complexity index is 319. The van der Waals surface area contributed by atoms with Gasteiger partial charge in [0, 0.05) is 19.4 Å². The highest BCUT2D eigenvalue weighted by molar-refractivity contribution is 5.69. The van der Waals surface area contributed by atoms with Gasteiger partial charge in [0.1, 0.15) is 0 Å². The van der Waals surface area contributed by atoms with Gasteiger partial charge in [-0.2, -0.15) is 0 Å². The van der Waals surface area contributed by atoms with Crippen molar-refractivity contribution in [2.24, 2.45) is 0 Å². The lowest BCUT2D eigenvalue weighted by Crippen LogP contribution is -2.03. The predicted molar refractivity (Wildman–Crippen MR) is 103 cm³/mol. The Morgan fingerprint density at radius 3 is 1.59 bits per heavy atom. The number of hydrogen-bond donors (Lipinski definition) is 5. The fourth-order valence-electron chi connectivity index (χ4n) is 1.67. The van der Waals surface area contributed by atoms with E-state index in [9.17, 15) is 9.59 Å². The molecule has 2 atom stereocenters. The van der Waals surface area contributed by atoms with Crippen LogP contribution in [0, 0.1) is 0 Å². The maximum atomic E-state index is 11.0. The maximum Gasteiger partial charge on any atom is 0.305 e. The smallest absolute Gasteiger partial charge is 0.305 e. The third-order valence-corrected chi connectivity index (χ3v) is 3.14. The molecule has 0 aromatic rings. The van der Waals surface area contributed by atoms with Gasteiger partial charge in [-0.15, -0.1) is 0 Å². The summed E-state index contributed by atoms with van der Waals surface area (Å²) in [5, 5.41) is 40.9. The van der Waals surface area contributed by atoms with Crippen molar-refractivity contribution in [2.45, 2.75) is 90.8 Å². The number of hydrogen-bond acceptors (Lipinski definition) is 7. The van der Waals surface area contributed by atoms with Gasteiger partial charge in [-0.25, -0.2) is 0 Å². The highest BCUT2D eigenvalue weighted by atomic mass is 16.5. The van der Waals surface area contributed by atoms with Crippen molar-refractivity contribution >= 4 is 11.9 Å². The minimum Gasteiger partial charge on any atom is -0.481 e. The quantitative estimate of drug-likeness (QED) is 0.234. The molecule has 0 aromatic carbocycles. The number of unbranched alkanes of at least 4 members (excludes halogenated alkanes) is 5. The van der Waals surface area contributed by atoms with Gasteiger partial charge in [0.05, 0.1) is 25.4 Å². The second kappa shape index (κ2) is 24.8. The van der Waals surface area contributed by atoms with Crippen LogP contribution >= 0.6 is 0 Å². The molecular formula is C19H40O8. The molecule has 0 aliphatic carbocycles. The maximum absolute atomic E-state index is 11.0. The summed E-state index contributed by atoms with van der Waals surface area (Å²) in [5.41, 5.74) is 0. The van der Waals surface area contributed by atoms with Crippen LogP contribution in [0.3, 0.4) is 0 Å². The van der Waals surface area contributed by atoms with Crippen molar-refractivity contribution in [3.05, 3.63) is 0 Å². The summed E-state index contributed by atoms with van der Waals surface area (Å²) in [7, 11) is 0. The summed E-state index contributed by atoms with van der Waals surface area (Å²) in [5.74, 6) is -0.837. The largest absolute Gasteiger partial charge is 0.481 e. The van der Waals surface area contributed by atoms with Crippen LogP contribution in [0.2, 0.25) is 0 Å². The van der Waals surface area contributed by atoms with Gasteiger partial charge < -0.3 is 30.3 Å². The second-order valence-corrected chi connectivity index (χ2v) is 6.21. The number of aliphatic carboxylic acids is 1. The molecule has 0 spiro atoms. The van der Waals surface area contributed by atoms with Crippen molar-refractivity contribution in [2.75, 3.05) is 19.8 Å². The number of aliphatic hydroxyl groups excluding tert-OH is 4. The minimum absolute atomic E-state index is 0.0810. The van der Waals surface area contributed by atoms with Crippen LogP contribution in [0.15, 0.2) is 0 Å². The Hall–Kier alpha value is -1.22. The van der Waals surface area contributed by atoms with Crippen LogP contribution in [0.5, 0.6) is 0 Å². The molecule has 0 amide bonds. The molecule has 0 rings (SSSR count). The molecule has 0 aromatic heterocycles. The van der Waals surface area contributed by atoms with E-state index in [-0.39, 0.29) is 31.7 Å². The lowest BCUT2D eigenvalue weighted by Gasteiger charge is -2.02. The molecule has 0 aliphatic heterocycles. The topological polar surface area (TPSA) is 145 Å². The third kappa shape index (κ3) is 40.7. The fraction of sp³-hybridized carbons (Fsp3) is 0.895. The van der Waals surface area contributed by atoms with Gasteiger partial charge in [0.2, 0.25) is 0 Å². The Labute approximate surface area is 163 Å². The molecule has 0 aliphatic rings. The van der Waals surface area contributed by atoms with E-state index in [2.05, 4.69) is 0 Å². The average molecular weight is 397 g/mol. The number of aliphatic hydroxyl groups is 4. The van der Waals surface area contributed by atoms with Crippen molar-refractivity contribution in [3.63, 3.8) is 0 Å². The van der Waals surface area contributed by atoms with Crippen LogP contribution < -0.4 is 0 Å². The first-order chi connectivity index (χ1) is 12.7. The highest BCUT2D eigenvalue weighted by Gasteiger charge is 2.01. The molecule has 0 fully saturated rings. The van der Waals surface area contributed by atoms with Gasteiger partial charge in [-0.3, -0.25) is 9.59 Å². The first kappa shape index (κ1) is 30.5. The fourth-order valence-corrected chi connectivity index (χ4v) is 1.67. The van der Waals surface area contributed by atoms with Crippen LogP contribution in [-0.2, 0) is 14.3 Å². The summed E-state index contributed by atoms with van der Waals surface area (Å²) in [6, 6.07) is 0. The molecular weight excluding hydrogens is 356 g/mol. The zero-order valence-corrected chi connectivity index (χ0v) is 17.1. The highest BCUT2D eigenvalue weighted by Crippen LogP contribution is 2.08. The molecule has 0 saturated carbocycles. The molecule has 8 nitrogen and oxygen atoms in total. The van der Waals surface area contributed by atoms with E-state index in [4.69, 9.17) is 30.3 Å². The molecule has 0 radical (unpaired) electrons. The molecule has 5 N–H and O–H groups in total. The van der Waals surface area contributed by atoms with E-state index in [1.54, 1.807) is 13.8 Å². The van der Waals surface area contributed by atoms with Crippen LogP contribution in [0.25, 0.3) is 0 Å². The Balaban J connectivity index is -0.000000428. The Morgan fingerprint density at radius 2 is 1.30 bits per heavy atom. The number of carbonyl (C=O) groups is 2. The minimum atomic E-state index is -0.720. The van der Waals surface area contributed by atoms with E-state index in [0.29, 0.717) is 19.4 Å². The van der Waals surface area contributed by atoms with E-state index < -0.39 is 12.1 Å². The number of rotatable bonds is 13. The zero-order valence-electron chi connectivity index (χ0n) is 17.1. The SMILES string of the molecule is CC(O)CCO.CC(O)CO.CCOC(=O)CCCCCCCCC(=O)O. The van der Waals surface area contributed by atoms with Crippen molar-refractivity contribution in [3.8, 4) is 0 Å². The summed E-state index contributed by atoms with van der Waals surface area (Å²) < 4.78 is 4.81. The molecule has 0 bridgehead atoms. The second-order valence-electron chi connectivity index (χ2n) is 6.21. The van der Waals surface area contributed by atoms with Gasteiger partial charge in [-0.1, -0.05) is 25.7 Å². The molecule has 2 unspecified atom stereocenters. The molecule has 0 heterocycles. The Kier molecular flexibility index (Phi) is 28.0. The van der Waals surface area contributed by atoms with Gasteiger partial charge in [-0.05, 0) is 40.0 Å². The van der Waals surface area contributed by atoms with Gasteiger partial charge in [0.25, 0.3) is 0 Å². The van der Waals surface area contributed by atoms with Crippen molar-refractivity contribution < 1.29 is 39.9 Å². The summed E-state index contributed by atoms with van der Waals surface area (Å²) in [4.78, 5) is 21.2. The number of carbonyl (C=O) groups excluding carboxylic acids is 1. The normalized spacial score (nSPS) is 12.0. The van der Waals surface area contributed by atoms with E-state index in [0.717, 1.165) is 38.5 Å². The first-order valence-corrected chi connectivity index (χ1v) is 9.66. The van der Waals surface area contributed by atoms with Crippen LogP contribution in [0.1, 0.15) is 78.6 Å². The van der Waals surface area contributed by atoms with E-state index >= 15 is 0 Å². The monoisotopic (exact) mass is 396 g/mol. The number of carboxylic acid groups (broad SMARTS) is 1. The molecule has 0 saturated heterocycles. The summed E-state index contributed by atoms with van der Waals surface area (Å²) in [6.07, 6.45) is 6.08. The molecule has 8 heteroatoms. The zero-order chi connectivity index (χ0) is 21.5. The number of esters is 1. The lowest BCUT2D eigenvalue weighted by atomic mass is 10.1. The van der Waals surface area contributed by atoms with Crippen molar-refractivity contribution in [1.82, 2.24) is 0 Å². The summed E-state index contributed by atoms with van der Waals surface area (Å²) >= 11 is 0. The van der Waals surface area contributed by atoms with Crippen LogP contribution in [0.4, 0.5) is 0 Å². The molecule has 164 valence electrons. The predicted octanol–water partition coefficient (Wildman–Crippen LogP) is 1.86. The lowest BCUT2D eigenvalue weighted by molar-refractivity contribution is -0.143. The van der Waals surface area contributed by atoms with E-state index in [1.807, 2.05) is 0 Å². The average Bonchev–Trinajstić information content (AvgIpc) is 2.58. The summed E-state index contributed by atoms with van der Waals surface area (Å²) in [6.45, 7) is 5.38. The number of ether oxygens (including phenoxy) is 1. The van der Waals surface area contributed by atoms with Crippen LogP contribution in [-0.4, -0.2) is 69.5 Å². The van der Waals surface area contributed by atoms with Gasteiger partial charge in [0.15, 0.2) is 0 Å².